The average Bonchev–Trinajstić information content (AvgIpc) is 2.66. The minimum Gasteiger partial charge on any atom is -0.494 e. The molecule has 1 aliphatic heterocycles. The Morgan fingerprint density at radius 3 is 2.87 bits per heavy atom. The zero-order valence-corrected chi connectivity index (χ0v) is 9.09. The van der Waals surface area contributed by atoms with Gasteiger partial charge in [-0.25, -0.2) is 4.39 Å². The van der Waals surface area contributed by atoms with Crippen LogP contribution >= 0.6 is 0 Å². The fourth-order valence-electron chi connectivity index (χ4n) is 2.06. The van der Waals surface area contributed by atoms with Gasteiger partial charge in [-0.2, -0.15) is 0 Å². The molecule has 0 bridgehead atoms. The highest BCUT2D eigenvalue weighted by Gasteiger charge is 2.22. The molecule has 82 valence electrons. The van der Waals surface area contributed by atoms with Crippen molar-refractivity contribution in [2.75, 3.05) is 13.7 Å². The van der Waals surface area contributed by atoms with Gasteiger partial charge in [0, 0.05) is 6.04 Å². The maximum Gasteiger partial charge on any atom is 0.165 e. The molecule has 1 saturated heterocycles. The predicted octanol–water partition coefficient (Wildman–Crippen LogP) is 2.50. The Morgan fingerprint density at radius 2 is 2.27 bits per heavy atom. The quantitative estimate of drug-likeness (QED) is 0.808. The summed E-state index contributed by atoms with van der Waals surface area (Å²) in [5.74, 6) is 0.715. The Balaban J connectivity index is 2.21. The fraction of sp³-hybridized carbons (Fsp3) is 0.500. The van der Waals surface area contributed by atoms with Crippen molar-refractivity contribution in [3.05, 3.63) is 29.6 Å². The maximum absolute atomic E-state index is 13.2. The molecule has 1 aliphatic rings. The van der Waals surface area contributed by atoms with Crippen molar-refractivity contribution in [3.63, 3.8) is 0 Å². The first-order valence-corrected chi connectivity index (χ1v) is 5.27. The van der Waals surface area contributed by atoms with Gasteiger partial charge >= 0.3 is 0 Å². The van der Waals surface area contributed by atoms with E-state index in [1.54, 1.807) is 6.07 Å². The molecule has 1 heterocycles. The van der Waals surface area contributed by atoms with Gasteiger partial charge in [-0.05, 0) is 36.6 Å². The lowest BCUT2D eigenvalue weighted by atomic mass is 10.0. The van der Waals surface area contributed by atoms with E-state index in [9.17, 15) is 4.39 Å². The van der Waals surface area contributed by atoms with Crippen LogP contribution in [0.25, 0.3) is 0 Å². The molecule has 0 spiro atoms. The summed E-state index contributed by atoms with van der Waals surface area (Å²) in [5, 5.41) is 3.42. The Hall–Kier alpha value is -1.09. The van der Waals surface area contributed by atoms with E-state index in [-0.39, 0.29) is 5.82 Å². The second-order valence-electron chi connectivity index (χ2n) is 4.20. The number of methoxy groups -OCH3 is 1. The van der Waals surface area contributed by atoms with Gasteiger partial charge in [0.2, 0.25) is 0 Å². The summed E-state index contributed by atoms with van der Waals surface area (Å²) >= 11 is 0. The van der Waals surface area contributed by atoms with Crippen molar-refractivity contribution >= 4 is 0 Å². The first kappa shape index (κ1) is 10.4. The summed E-state index contributed by atoms with van der Waals surface area (Å²) in [7, 11) is 1.49. The average molecular weight is 209 g/mol. The summed E-state index contributed by atoms with van der Waals surface area (Å²) in [6.07, 6.45) is 1.11. The number of ether oxygens (including phenoxy) is 1. The molecule has 15 heavy (non-hydrogen) atoms. The third-order valence-corrected chi connectivity index (χ3v) is 2.93. The van der Waals surface area contributed by atoms with E-state index in [1.807, 2.05) is 6.07 Å². The Bertz CT molecular complexity index is 353. The Labute approximate surface area is 89.4 Å². The Morgan fingerprint density at radius 1 is 1.47 bits per heavy atom. The number of benzene rings is 1. The smallest absolute Gasteiger partial charge is 0.165 e. The van der Waals surface area contributed by atoms with Gasteiger partial charge in [-0.3, -0.25) is 0 Å². The molecule has 0 unspecified atom stereocenters. The van der Waals surface area contributed by atoms with Crippen LogP contribution < -0.4 is 10.1 Å². The number of rotatable bonds is 2. The minimum atomic E-state index is -0.299. The zero-order valence-electron chi connectivity index (χ0n) is 9.09. The van der Waals surface area contributed by atoms with Crippen LogP contribution in [0.15, 0.2) is 18.2 Å². The van der Waals surface area contributed by atoms with Gasteiger partial charge in [0.25, 0.3) is 0 Å². The Kier molecular flexibility index (Phi) is 2.91. The fourth-order valence-corrected chi connectivity index (χ4v) is 2.06. The standard InChI is InChI=1S/C12H16FNO/c1-8-5-11(14-7-8)9-3-4-10(13)12(6-9)15-2/h3-4,6,8,11,14H,5,7H2,1-2H3/t8-,11-/m0/s1. The summed E-state index contributed by atoms with van der Waals surface area (Å²) in [6.45, 7) is 3.25. The van der Waals surface area contributed by atoms with Crippen molar-refractivity contribution < 1.29 is 9.13 Å². The van der Waals surface area contributed by atoms with E-state index >= 15 is 0 Å². The van der Waals surface area contributed by atoms with Crippen molar-refractivity contribution in [1.82, 2.24) is 5.32 Å². The van der Waals surface area contributed by atoms with Gasteiger partial charge in [0.05, 0.1) is 7.11 Å². The van der Waals surface area contributed by atoms with E-state index in [0.29, 0.717) is 17.7 Å². The van der Waals surface area contributed by atoms with Gasteiger partial charge < -0.3 is 10.1 Å². The number of hydrogen-bond donors (Lipinski definition) is 1. The maximum atomic E-state index is 13.2. The van der Waals surface area contributed by atoms with Gasteiger partial charge in [0.15, 0.2) is 11.6 Å². The van der Waals surface area contributed by atoms with Crippen LogP contribution in [0, 0.1) is 11.7 Å². The molecule has 1 N–H and O–H groups in total. The van der Waals surface area contributed by atoms with E-state index in [1.165, 1.54) is 13.2 Å². The van der Waals surface area contributed by atoms with Crippen molar-refractivity contribution in [3.8, 4) is 5.75 Å². The third kappa shape index (κ3) is 2.12. The summed E-state index contributed by atoms with van der Waals surface area (Å²) in [4.78, 5) is 0. The number of nitrogens with one attached hydrogen (secondary N) is 1. The highest BCUT2D eigenvalue weighted by molar-refractivity contribution is 5.32. The molecular formula is C12H16FNO. The number of hydrogen-bond acceptors (Lipinski definition) is 2. The lowest BCUT2D eigenvalue weighted by molar-refractivity contribution is 0.385. The third-order valence-electron chi connectivity index (χ3n) is 2.93. The molecule has 0 saturated carbocycles. The van der Waals surface area contributed by atoms with Crippen LogP contribution in [0.1, 0.15) is 24.9 Å². The second-order valence-corrected chi connectivity index (χ2v) is 4.20. The van der Waals surface area contributed by atoms with Crippen molar-refractivity contribution in [2.24, 2.45) is 5.92 Å². The second kappa shape index (κ2) is 4.19. The molecular weight excluding hydrogens is 193 g/mol. The van der Waals surface area contributed by atoms with Crippen LogP contribution in [0.2, 0.25) is 0 Å². The van der Waals surface area contributed by atoms with Crippen LogP contribution in [-0.4, -0.2) is 13.7 Å². The first-order chi connectivity index (χ1) is 7.20. The van der Waals surface area contributed by atoms with Gasteiger partial charge in [-0.1, -0.05) is 13.0 Å². The summed E-state index contributed by atoms with van der Waals surface area (Å²) < 4.78 is 18.2. The van der Waals surface area contributed by atoms with Crippen LogP contribution in [0.3, 0.4) is 0 Å². The van der Waals surface area contributed by atoms with Gasteiger partial charge in [0.1, 0.15) is 0 Å². The van der Waals surface area contributed by atoms with Crippen LogP contribution in [0.5, 0.6) is 5.75 Å². The van der Waals surface area contributed by atoms with E-state index in [0.717, 1.165) is 18.5 Å². The van der Waals surface area contributed by atoms with Crippen molar-refractivity contribution in [2.45, 2.75) is 19.4 Å². The number of halogens is 1. The van der Waals surface area contributed by atoms with E-state index < -0.39 is 0 Å². The van der Waals surface area contributed by atoms with Crippen LogP contribution in [0.4, 0.5) is 4.39 Å². The zero-order chi connectivity index (χ0) is 10.8. The lowest BCUT2D eigenvalue weighted by Gasteiger charge is -2.12. The van der Waals surface area contributed by atoms with Gasteiger partial charge in [-0.15, -0.1) is 0 Å². The predicted molar refractivity (Wildman–Crippen MR) is 57.5 cm³/mol. The lowest BCUT2D eigenvalue weighted by Crippen LogP contribution is -2.13. The molecule has 1 aromatic carbocycles. The highest BCUT2D eigenvalue weighted by Crippen LogP contribution is 2.29. The molecule has 2 rings (SSSR count). The van der Waals surface area contributed by atoms with E-state index in [4.69, 9.17) is 4.74 Å². The topological polar surface area (TPSA) is 21.3 Å². The largest absolute Gasteiger partial charge is 0.494 e. The SMILES string of the molecule is COc1cc([C@@H]2C[C@H](C)CN2)ccc1F. The van der Waals surface area contributed by atoms with Crippen LogP contribution in [-0.2, 0) is 0 Å². The molecule has 3 heteroatoms. The first-order valence-electron chi connectivity index (χ1n) is 5.27. The molecule has 0 radical (unpaired) electrons. The minimum absolute atomic E-state index is 0.299. The highest BCUT2D eigenvalue weighted by atomic mass is 19.1. The monoisotopic (exact) mass is 209 g/mol. The molecule has 0 aromatic heterocycles. The molecule has 0 aliphatic carbocycles. The molecule has 0 amide bonds. The van der Waals surface area contributed by atoms with Crippen molar-refractivity contribution in [1.29, 1.82) is 0 Å². The summed E-state index contributed by atoms with van der Waals surface area (Å²) in [6, 6.07) is 5.42. The van der Waals surface area contributed by atoms with E-state index in [2.05, 4.69) is 12.2 Å². The summed E-state index contributed by atoms with van der Waals surface area (Å²) in [5.41, 5.74) is 1.11. The molecule has 1 fully saturated rings. The molecule has 2 atom stereocenters. The normalized spacial score (nSPS) is 25.5. The molecule has 1 aromatic rings. The molecule has 2 nitrogen and oxygen atoms in total.